The maximum atomic E-state index is 12.5. The van der Waals surface area contributed by atoms with Gasteiger partial charge < -0.3 is 19.7 Å². The van der Waals surface area contributed by atoms with Gasteiger partial charge in [0.2, 0.25) is 0 Å². The van der Waals surface area contributed by atoms with Crippen LogP contribution < -0.4 is 10.1 Å². The summed E-state index contributed by atoms with van der Waals surface area (Å²) in [5.41, 5.74) is 1.07. The molecule has 2 heterocycles. The first-order valence-corrected chi connectivity index (χ1v) is 9.97. The van der Waals surface area contributed by atoms with Crippen molar-refractivity contribution in [2.24, 2.45) is 5.92 Å². The second-order valence-electron chi connectivity index (χ2n) is 7.89. The highest BCUT2D eigenvalue weighted by atomic mass is 16.5. The average molecular weight is 376 g/mol. The molecule has 0 saturated carbocycles. The zero-order valence-electron chi connectivity index (χ0n) is 17.0. The van der Waals surface area contributed by atoms with E-state index in [2.05, 4.69) is 24.1 Å². The van der Waals surface area contributed by atoms with E-state index in [1.54, 1.807) is 7.11 Å². The van der Waals surface area contributed by atoms with E-state index in [1.165, 1.54) is 0 Å². The van der Waals surface area contributed by atoms with Crippen LogP contribution in [0.4, 0.5) is 4.79 Å². The lowest BCUT2D eigenvalue weighted by molar-refractivity contribution is -0.127. The summed E-state index contributed by atoms with van der Waals surface area (Å²) in [5.74, 6) is 1.43. The summed E-state index contributed by atoms with van der Waals surface area (Å²) in [6.45, 7) is 7.71. The molecule has 6 heteroatoms. The number of piperidine rings is 1. The van der Waals surface area contributed by atoms with E-state index >= 15 is 0 Å². The highest BCUT2D eigenvalue weighted by molar-refractivity contribution is 5.74. The Kier molecular flexibility index (Phi) is 6.60. The first-order valence-electron chi connectivity index (χ1n) is 9.97. The molecule has 1 aromatic carbocycles. The Labute approximate surface area is 162 Å². The number of urea groups is 1. The van der Waals surface area contributed by atoms with Crippen molar-refractivity contribution in [1.82, 2.24) is 15.1 Å². The summed E-state index contributed by atoms with van der Waals surface area (Å²) in [4.78, 5) is 17.0. The molecule has 2 saturated heterocycles. The molecule has 0 radical (unpaired) electrons. The monoisotopic (exact) mass is 375 g/mol. The van der Waals surface area contributed by atoms with E-state index in [-0.39, 0.29) is 6.03 Å². The van der Waals surface area contributed by atoms with Gasteiger partial charge in [0.05, 0.1) is 13.2 Å². The molecule has 0 aromatic heterocycles. The Balaban J connectivity index is 1.46. The molecule has 3 rings (SSSR count). The number of nitrogens with one attached hydrogen (secondary N) is 1. The maximum absolute atomic E-state index is 12.5. The summed E-state index contributed by atoms with van der Waals surface area (Å²) in [7, 11) is 3.47. The number of likely N-dealkylation sites (tertiary alicyclic amines) is 2. The number of nitrogens with zero attached hydrogens (tertiary/aromatic N) is 2. The van der Waals surface area contributed by atoms with Crippen molar-refractivity contribution in [3.63, 3.8) is 0 Å². The van der Waals surface area contributed by atoms with Crippen LogP contribution in [0.2, 0.25) is 0 Å². The smallest absolute Gasteiger partial charge is 0.317 e. The third-order valence-corrected chi connectivity index (χ3v) is 6.03. The Hall–Kier alpha value is -1.79. The molecule has 1 N–H and O–H groups in total. The van der Waals surface area contributed by atoms with Crippen molar-refractivity contribution in [2.75, 3.05) is 33.9 Å². The van der Waals surface area contributed by atoms with Gasteiger partial charge in [0.15, 0.2) is 0 Å². The van der Waals surface area contributed by atoms with Crippen molar-refractivity contribution in [3.05, 3.63) is 29.8 Å². The summed E-state index contributed by atoms with van der Waals surface area (Å²) in [5, 5.41) is 3.04. The number of rotatable bonds is 6. The topological polar surface area (TPSA) is 54.0 Å². The molecule has 2 aliphatic rings. The van der Waals surface area contributed by atoms with Gasteiger partial charge in [-0.05, 0) is 50.3 Å². The Bertz CT molecular complexity index is 612. The van der Waals surface area contributed by atoms with Gasteiger partial charge in [0, 0.05) is 45.4 Å². The van der Waals surface area contributed by atoms with Crippen molar-refractivity contribution in [1.29, 1.82) is 0 Å². The van der Waals surface area contributed by atoms with Crippen LogP contribution in [0, 0.1) is 5.92 Å². The minimum atomic E-state index is 0.0295. The van der Waals surface area contributed by atoms with Crippen molar-refractivity contribution < 1.29 is 14.3 Å². The minimum Gasteiger partial charge on any atom is -0.497 e. The molecular formula is C21H33N3O3. The zero-order valence-corrected chi connectivity index (χ0v) is 17.0. The number of benzene rings is 1. The van der Waals surface area contributed by atoms with Gasteiger partial charge in [-0.1, -0.05) is 12.1 Å². The summed E-state index contributed by atoms with van der Waals surface area (Å²) >= 11 is 0. The van der Waals surface area contributed by atoms with Crippen LogP contribution in [0.3, 0.4) is 0 Å². The molecule has 2 aliphatic heterocycles. The molecule has 2 amide bonds. The van der Waals surface area contributed by atoms with Crippen LogP contribution in [0.5, 0.6) is 5.75 Å². The van der Waals surface area contributed by atoms with Crippen LogP contribution >= 0.6 is 0 Å². The lowest BCUT2D eigenvalue weighted by Gasteiger charge is -2.54. The van der Waals surface area contributed by atoms with Crippen LogP contribution in [-0.4, -0.2) is 67.9 Å². The fraction of sp³-hybridized carbons (Fsp3) is 0.667. The molecule has 0 unspecified atom stereocenters. The maximum Gasteiger partial charge on any atom is 0.317 e. The minimum absolute atomic E-state index is 0.0295. The van der Waals surface area contributed by atoms with Crippen LogP contribution in [0.1, 0.15) is 32.3 Å². The fourth-order valence-electron chi connectivity index (χ4n) is 4.33. The molecule has 0 bridgehead atoms. The molecular weight excluding hydrogens is 342 g/mol. The van der Waals surface area contributed by atoms with E-state index in [4.69, 9.17) is 9.47 Å². The van der Waals surface area contributed by atoms with E-state index in [9.17, 15) is 4.79 Å². The van der Waals surface area contributed by atoms with Gasteiger partial charge in [0.1, 0.15) is 5.75 Å². The molecule has 0 spiro atoms. The van der Waals surface area contributed by atoms with Gasteiger partial charge in [-0.25, -0.2) is 4.79 Å². The van der Waals surface area contributed by atoms with Gasteiger partial charge >= 0.3 is 6.03 Å². The molecule has 2 atom stereocenters. The fourth-order valence-corrected chi connectivity index (χ4v) is 4.33. The Morgan fingerprint density at radius 2 is 1.85 bits per heavy atom. The van der Waals surface area contributed by atoms with Gasteiger partial charge in [0.25, 0.3) is 0 Å². The number of hydrogen-bond donors (Lipinski definition) is 1. The number of amides is 2. The lowest BCUT2D eigenvalue weighted by Crippen LogP contribution is -2.66. The standard InChI is InChI=1S/C21H33N3O3/c1-15(2)24-14-19(27-4)20(24)17-9-11-23(12-10-17)21(25)22-13-16-5-7-18(26-3)8-6-16/h5-8,15,17,19-20H,9-14H2,1-4H3,(H,22,25)/t19-,20-/m0/s1. The predicted molar refractivity (Wildman–Crippen MR) is 106 cm³/mol. The summed E-state index contributed by atoms with van der Waals surface area (Å²) in [6.07, 6.45) is 2.43. The Morgan fingerprint density at radius 1 is 1.19 bits per heavy atom. The van der Waals surface area contributed by atoms with E-state index in [1.807, 2.05) is 36.3 Å². The predicted octanol–water partition coefficient (Wildman–Crippen LogP) is 2.72. The molecule has 2 fully saturated rings. The van der Waals surface area contributed by atoms with E-state index in [0.717, 1.165) is 43.8 Å². The molecule has 0 aliphatic carbocycles. The molecule has 1 aromatic rings. The molecule has 6 nitrogen and oxygen atoms in total. The van der Waals surface area contributed by atoms with Crippen LogP contribution in [0.15, 0.2) is 24.3 Å². The van der Waals surface area contributed by atoms with Gasteiger partial charge in [-0.15, -0.1) is 0 Å². The number of methoxy groups -OCH3 is 2. The van der Waals surface area contributed by atoms with E-state index in [0.29, 0.717) is 30.7 Å². The first-order chi connectivity index (χ1) is 13.0. The number of hydrogen-bond acceptors (Lipinski definition) is 4. The Morgan fingerprint density at radius 3 is 2.41 bits per heavy atom. The van der Waals surface area contributed by atoms with Crippen LogP contribution in [-0.2, 0) is 11.3 Å². The molecule has 150 valence electrons. The highest BCUT2D eigenvalue weighted by Gasteiger charge is 2.45. The number of carbonyl (C=O) groups excluding carboxylic acids is 1. The third-order valence-electron chi connectivity index (χ3n) is 6.03. The van der Waals surface area contributed by atoms with Gasteiger partial charge in [-0.3, -0.25) is 4.90 Å². The van der Waals surface area contributed by atoms with E-state index < -0.39 is 0 Å². The SMILES string of the molecule is COc1ccc(CNC(=O)N2CCC([C@H]3[C@@H](OC)CN3C(C)C)CC2)cc1. The lowest BCUT2D eigenvalue weighted by atomic mass is 9.79. The number of carbonyl (C=O) groups is 1. The normalized spacial score (nSPS) is 24.0. The zero-order chi connectivity index (χ0) is 19.4. The summed E-state index contributed by atoms with van der Waals surface area (Å²) in [6, 6.07) is 8.87. The average Bonchev–Trinajstić information content (AvgIpc) is 2.66. The molecule has 27 heavy (non-hydrogen) atoms. The summed E-state index contributed by atoms with van der Waals surface area (Å²) < 4.78 is 10.8. The first kappa shape index (κ1) is 20.0. The van der Waals surface area contributed by atoms with Crippen molar-refractivity contribution >= 4 is 6.03 Å². The second kappa shape index (κ2) is 8.93. The van der Waals surface area contributed by atoms with Crippen molar-refractivity contribution in [2.45, 2.75) is 51.4 Å². The van der Waals surface area contributed by atoms with Gasteiger partial charge in [-0.2, -0.15) is 0 Å². The third kappa shape index (κ3) is 4.55. The quantitative estimate of drug-likeness (QED) is 0.831. The van der Waals surface area contributed by atoms with Crippen LogP contribution in [0.25, 0.3) is 0 Å². The second-order valence-corrected chi connectivity index (χ2v) is 7.89. The van der Waals surface area contributed by atoms with Crippen molar-refractivity contribution in [3.8, 4) is 5.75 Å². The number of ether oxygens (including phenoxy) is 2. The highest BCUT2D eigenvalue weighted by Crippen LogP contribution is 2.35. The largest absolute Gasteiger partial charge is 0.497 e.